The standard InChI is InChI=1S/C13H20BrN3O/c1-9-2-4-10(5-3-9)6-7-15-11-8-16-17-13(18)12(11)14/h8-10H,2-7H2,1H3,(H2,15,17,18). The number of nitrogens with zero attached hydrogens (tertiary/aromatic N) is 1. The third-order valence-corrected chi connectivity index (χ3v) is 4.59. The molecule has 0 bridgehead atoms. The van der Waals surface area contributed by atoms with Crippen LogP contribution in [0.2, 0.25) is 0 Å². The highest BCUT2D eigenvalue weighted by Crippen LogP contribution is 2.30. The largest absolute Gasteiger partial charge is 0.383 e. The lowest BCUT2D eigenvalue weighted by Gasteiger charge is -2.26. The summed E-state index contributed by atoms with van der Waals surface area (Å²) in [6.07, 6.45) is 8.23. The Labute approximate surface area is 116 Å². The van der Waals surface area contributed by atoms with Crippen molar-refractivity contribution in [1.82, 2.24) is 10.2 Å². The van der Waals surface area contributed by atoms with Crippen molar-refractivity contribution in [2.45, 2.75) is 39.0 Å². The molecule has 100 valence electrons. The number of nitrogens with one attached hydrogen (secondary N) is 2. The minimum absolute atomic E-state index is 0.188. The molecule has 1 aromatic heterocycles. The number of anilines is 1. The molecule has 5 heteroatoms. The highest BCUT2D eigenvalue weighted by atomic mass is 79.9. The Hall–Kier alpha value is -0.840. The van der Waals surface area contributed by atoms with Gasteiger partial charge in [-0.1, -0.05) is 32.6 Å². The molecule has 0 saturated heterocycles. The van der Waals surface area contributed by atoms with Crippen LogP contribution in [-0.4, -0.2) is 16.7 Å². The van der Waals surface area contributed by atoms with Crippen molar-refractivity contribution in [3.63, 3.8) is 0 Å². The van der Waals surface area contributed by atoms with Crippen molar-refractivity contribution in [3.05, 3.63) is 21.0 Å². The quantitative estimate of drug-likeness (QED) is 0.897. The summed E-state index contributed by atoms with van der Waals surface area (Å²) in [5, 5.41) is 9.47. The van der Waals surface area contributed by atoms with Gasteiger partial charge in [-0.15, -0.1) is 0 Å². The third-order valence-electron chi connectivity index (χ3n) is 3.80. The molecule has 2 N–H and O–H groups in total. The molecule has 1 aliphatic rings. The molecular weight excluding hydrogens is 294 g/mol. The summed E-state index contributed by atoms with van der Waals surface area (Å²) in [6, 6.07) is 0. The number of rotatable bonds is 4. The molecule has 0 unspecified atom stereocenters. The van der Waals surface area contributed by atoms with Gasteiger partial charge in [-0.3, -0.25) is 4.79 Å². The van der Waals surface area contributed by atoms with Crippen LogP contribution in [0.4, 0.5) is 5.69 Å². The van der Waals surface area contributed by atoms with Crippen LogP contribution < -0.4 is 10.9 Å². The van der Waals surface area contributed by atoms with Gasteiger partial charge in [-0.05, 0) is 34.2 Å². The lowest BCUT2D eigenvalue weighted by molar-refractivity contribution is 0.282. The second kappa shape index (κ2) is 6.36. The summed E-state index contributed by atoms with van der Waals surface area (Å²) in [5.41, 5.74) is 0.592. The number of aromatic amines is 1. The smallest absolute Gasteiger partial charge is 0.280 e. The highest BCUT2D eigenvalue weighted by Gasteiger charge is 2.17. The summed E-state index contributed by atoms with van der Waals surface area (Å²) in [5.74, 6) is 1.74. The maximum Gasteiger partial charge on any atom is 0.280 e. The molecule has 1 saturated carbocycles. The van der Waals surface area contributed by atoms with Crippen LogP contribution in [0.1, 0.15) is 39.0 Å². The maximum atomic E-state index is 11.3. The van der Waals surface area contributed by atoms with Crippen molar-refractivity contribution in [3.8, 4) is 0 Å². The van der Waals surface area contributed by atoms with Crippen LogP contribution in [0, 0.1) is 11.8 Å². The molecule has 0 aliphatic heterocycles. The summed E-state index contributed by atoms with van der Waals surface area (Å²) in [7, 11) is 0. The van der Waals surface area contributed by atoms with E-state index in [1.165, 1.54) is 32.1 Å². The maximum absolute atomic E-state index is 11.3. The van der Waals surface area contributed by atoms with E-state index in [1.54, 1.807) is 6.20 Å². The van der Waals surface area contributed by atoms with Gasteiger partial charge in [0, 0.05) is 6.54 Å². The Morgan fingerprint density at radius 3 is 2.89 bits per heavy atom. The Morgan fingerprint density at radius 1 is 1.44 bits per heavy atom. The van der Waals surface area contributed by atoms with Gasteiger partial charge in [0.05, 0.1) is 11.9 Å². The van der Waals surface area contributed by atoms with E-state index in [4.69, 9.17) is 0 Å². The normalized spacial score (nSPS) is 23.9. The number of hydrogen-bond donors (Lipinski definition) is 2. The van der Waals surface area contributed by atoms with Crippen molar-refractivity contribution >= 4 is 21.6 Å². The van der Waals surface area contributed by atoms with Crippen LogP contribution in [0.15, 0.2) is 15.5 Å². The van der Waals surface area contributed by atoms with Crippen LogP contribution in [0.25, 0.3) is 0 Å². The SMILES string of the molecule is CC1CCC(CCNc2cn[nH]c(=O)c2Br)CC1. The predicted molar refractivity (Wildman–Crippen MR) is 76.8 cm³/mol. The first kappa shape index (κ1) is 13.6. The molecule has 0 aromatic carbocycles. The third kappa shape index (κ3) is 3.57. The molecule has 1 heterocycles. The molecule has 0 spiro atoms. The van der Waals surface area contributed by atoms with E-state index in [-0.39, 0.29) is 5.56 Å². The molecule has 1 aromatic rings. The number of hydrogen-bond acceptors (Lipinski definition) is 3. The van der Waals surface area contributed by atoms with E-state index < -0.39 is 0 Å². The molecule has 0 radical (unpaired) electrons. The van der Waals surface area contributed by atoms with E-state index in [0.29, 0.717) is 4.47 Å². The Kier molecular flexibility index (Phi) is 4.80. The van der Waals surface area contributed by atoms with Crippen molar-refractivity contribution in [2.75, 3.05) is 11.9 Å². The van der Waals surface area contributed by atoms with E-state index in [9.17, 15) is 4.79 Å². The van der Waals surface area contributed by atoms with Crippen molar-refractivity contribution < 1.29 is 0 Å². The fraction of sp³-hybridized carbons (Fsp3) is 0.692. The van der Waals surface area contributed by atoms with Crippen molar-refractivity contribution in [1.29, 1.82) is 0 Å². The lowest BCUT2D eigenvalue weighted by atomic mass is 9.81. The second-order valence-corrected chi connectivity index (χ2v) is 6.06. The molecular formula is C13H20BrN3O. The molecule has 0 atom stereocenters. The summed E-state index contributed by atoms with van der Waals surface area (Å²) < 4.78 is 0.537. The predicted octanol–water partition coefficient (Wildman–Crippen LogP) is 3.16. The Bertz CT molecular complexity index is 438. The summed E-state index contributed by atoms with van der Waals surface area (Å²) >= 11 is 3.27. The van der Waals surface area contributed by atoms with E-state index in [0.717, 1.165) is 24.1 Å². The molecule has 0 amide bonds. The topological polar surface area (TPSA) is 57.8 Å². The minimum atomic E-state index is -0.188. The van der Waals surface area contributed by atoms with E-state index >= 15 is 0 Å². The average molecular weight is 314 g/mol. The molecule has 18 heavy (non-hydrogen) atoms. The van der Waals surface area contributed by atoms with Crippen LogP contribution in [0.3, 0.4) is 0 Å². The van der Waals surface area contributed by atoms with Gasteiger partial charge in [-0.25, -0.2) is 5.10 Å². The zero-order valence-corrected chi connectivity index (χ0v) is 12.3. The Morgan fingerprint density at radius 2 is 2.17 bits per heavy atom. The van der Waals surface area contributed by atoms with Crippen LogP contribution >= 0.6 is 15.9 Å². The number of aromatic nitrogens is 2. The van der Waals surface area contributed by atoms with Crippen molar-refractivity contribution in [2.24, 2.45) is 11.8 Å². The minimum Gasteiger partial charge on any atom is -0.383 e. The fourth-order valence-electron chi connectivity index (χ4n) is 2.54. The van der Waals surface area contributed by atoms with Gasteiger partial charge in [0.25, 0.3) is 5.56 Å². The van der Waals surface area contributed by atoms with Gasteiger partial charge in [0.15, 0.2) is 0 Å². The first-order valence-corrected chi connectivity index (χ1v) is 7.43. The number of H-pyrrole nitrogens is 1. The molecule has 1 fully saturated rings. The molecule has 4 nitrogen and oxygen atoms in total. The van der Waals surface area contributed by atoms with Gasteiger partial charge >= 0.3 is 0 Å². The summed E-state index contributed by atoms with van der Waals surface area (Å²) in [4.78, 5) is 11.3. The van der Waals surface area contributed by atoms with Crippen LogP contribution in [0.5, 0.6) is 0 Å². The highest BCUT2D eigenvalue weighted by molar-refractivity contribution is 9.10. The zero-order chi connectivity index (χ0) is 13.0. The first-order chi connectivity index (χ1) is 8.66. The van der Waals surface area contributed by atoms with Gasteiger partial charge in [-0.2, -0.15) is 5.10 Å². The summed E-state index contributed by atoms with van der Waals surface area (Å²) in [6.45, 7) is 3.25. The van der Waals surface area contributed by atoms with E-state index in [2.05, 4.69) is 38.4 Å². The van der Waals surface area contributed by atoms with E-state index in [1.807, 2.05) is 0 Å². The number of halogens is 1. The van der Waals surface area contributed by atoms with Gasteiger partial charge < -0.3 is 5.32 Å². The van der Waals surface area contributed by atoms with Crippen LogP contribution in [-0.2, 0) is 0 Å². The van der Waals surface area contributed by atoms with Gasteiger partial charge in [0.2, 0.25) is 0 Å². The monoisotopic (exact) mass is 313 g/mol. The average Bonchev–Trinajstić information content (AvgIpc) is 2.37. The zero-order valence-electron chi connectivity index (χ0n) is 10.7. The first-order valence-electron chi connectivity index (χ1n) is 6.64. The Balaban J connectivity index is 1.78. The molecule has 2 rings (SSSR count). The second-order valence-electron chi connectivity index (χ2n) is 5.27. The van der Waals surface area contributed by atoms with Gasteiger partial charge in [0.1, 0.15) is 4.47 Å². The molecule has 1 aliphatic carbocycles. The fourth-order valence-corrected chi connectivity index (χ4v) is 2.87. The lowest BCUT2D eigenvalue weighted by Crippen LogP contribution is -2.17.